The molecule has 0 saturated carbocycles. The van der Waals surface area contributed by atoms with E-state index < -0.39 is 10.0 Å². The van der Waals surface area contributed by atoms with E-state index in [1.54, 1.807) is 11.8 Å². The number of nitrogens with two attached hydrogens (primary N) is 1. The van der Waals surface area contributed by atoms with Crippen molar-refractivity contribution < 1.29 is 17.6 Å². The average Bonchev–Trinajstić information content (AvgIpc) is 3.24. The average molecular weight is 355 g/mol. The molecule has 2 N–H and O–H groups in total. The normalized spacial score (nSPS) is 20.7. The summed E-state index contributed by atoms with van der Waals surface area (Å²) in [5.74, 6) is 0.605. The van der Waals surface area contributed by atoms with E-state index in [9.17, 15) is 13.2 Å². The summed E-state index contributed by atoms with van der Waals surface area (Å²) in [5.41, 5.74) is 5.67. The van der Waals surface area contributed by atoms with Gasteiger partial charge in [-0.1, -0.05) is 0 Å². The van der Waals surface area contributed by atoms with E-state index in [4.69, 9.17) is 10.2 Å². The van der Waals surface area contributed by atoms with Crippen molar-refractivity contribution in [1.29, 1.82) is 0 Å². The molecule has 1 aromatic rings. The number of sulfonamides is 1. The Labute approximate surface area is 142 Å². The minimum absolute atomic E-state index is 0.108. The third-order valence-corrected chi connectivity index (χ3v) is 7.01. The number of carbonyl (C=O) groups excluding carboxylic acids is 1. The predicted molar refractivity (Wildman–Crippen MR) is 89.1 cm³/mol. The zero-order chi connectivity index (χ0) is 17.3. The lowest BCUT2D eigenvalue weighted by Crippen LogP contribution is -2.39. The Bertz CT molecular complexity index is 699. The number of rotatable bonds is 4. The van der Waals surface area contributed by atoms with Crippen molar-refractivity contribution in [3.63, 3.8) is 0 Å². The first-order valence-corrected chi connectivity index (χ1v) is 9.97. The van der Waals surface area contributed by atoms with Crippen LogP contribution >= 0.6 is 0 Å². The first-order chi connectivity index (χ1) is 11.4. The molecule has 7 nitrogen and oxygen atoms in total. The molecule has 1 aromatic heterocycles. The van der Waals surface area contributed by atoms with Crippen LogP contribution in [0.4, 0.5) is 0 Å². The Morgan fingerprint density at radius 3 is 2.46 bits per heavy atom. The van der Waals surface area contributed by atoms with E-state index in [1.807, 2.05) is 0 Å². The standard InChI is InChI=1S/C16H25N3O4S/c1-12-15(24(21,22)19-6-2-3-7-19)10-14(23-12)16(20)18-8-4-13(11-17)5-9-18/h10,13H,2-9,11,17H2,1H3. The number of furan rings is 1. The van der Waals surface area contributed by atoms with Crippen LogP contribution in [0.5, 0.6) is 0 Å². The molecule has 0 bridgehead atoms. The molecule has 0 atom stereocenters. The zero-order valence-corrected chi connectivity index (χ0v) is 14.8. The smallest absolute Gasteiger partial charge is 0.289 e. The van der Waals surface area contributed by atoms with Crippen LogP contribution < -0.4 is 5.73 Å². The number of nitrogens with zero attached hydrogens (tertiary/aromatic N) is 2. The van der Waals surface area contributed by atoms with E-state index in [0.717, 1.165) is 25.7 Å². The summed E-state index contributed by atoms with van der Waals surface area (Å²) in [5, 5.41) is 0. The maximum Gasteiger partial charge on any atom is 0.289 e. The highest BCUT2D eigenvalue weighted by atomic mass is 32.2. The predicted octanol–water partition coefficient (Wildman–Crippen LogP) is 1.18. The van der Waals surface area contributed by atoms with Crippen molar-refractivity contribution in [3.05, 3.63) is 17.6 Å². The quantitative estimate of drug-likeness (QED) is 0.875. The third-order valence-electron chi connectivity index (χ3n) is 5.00. The van der Waals surface area contributed by atoms with Gasteiger partial charge in [-0.3, -0.25) is 4.79 Å². The molecule has 1 amide bonds. The fourth-order valence-electron chi connectivity index (χ4n) is 3.42. The fourth-order valence-corrected chi connectivity index (χ4v) is 5.10. The van der Waals surface area contributed by atoms with Crippen LogP contribution in [-0.2, 0) is 10.0 Å². The van der Waals surface area contributed by atoms with Gasteiger partial charge >= 0.3 is 0 Å². The van der Waals surface area contributed by atoms with Crippen LogP contribution in [0.2, 0.25) is 0 Å². The lowest BCUT2D eigenvalue weighted by molar-refractivity contribution is 0.0660. The Hall–Kier alpha value is -1.38. The molecule has 0 radical (unpaired) electrons. The summed E-state index contributed by atoms with van der Waals surface area (Å²) in [7, 11) is -3.57. The lowest BCUT2D eigenvalue weighted by atomic mass is 9.97. The van der Waals surface area contributed by atoms with E-state index >= 15 is 0 Å². The SMILES string of the molecule is Cc1oc(C(=O)N2CCC(CN)CC2)cc1S(=O)(=O)N1CCCC1. The monoisotopic (exact) mass is 355 g/mol. The Balaban J connectivity index is 1.77. The molecule has 2 fully saturated rings. The van der Waals surface area contributed by atoms with Gasteiger partial charge in [-0.2, -0.15) is 4.31 Å². The molecule has 0 aliphatic carbocycles. The van der Waals surface area contributed by atoms with Gasteiger partial charge in [-0.05, 0) is 45.1 Å². The van der Waals surface area contributed by atoms with E-state index in [0.29, 0.717) is 38.6 Å². The highest BCUT2D eigenvalue weighted by Crippen LogP contribution is 2.27. The Morgan fingerprint density at radius 2 is 1.88 bits per heavy atom. The van der Waals surface area contributed by atoms with Gasteiger partial charge in [-0.25, -0.2) is 8.42 Å². The van der Waals surface area contributed by atoms with Gasteiger partial charge in [-0.15, -0.1) is 0 Å². The van der Waals surface area contributed by atoms with E-state index in [2.05, 4.69) is 0 Å². The summed E-state index contributed by atoms with van der Waals surface area (Å²) < 4.78 is 32.3. The molecule has 0 unspecified atom stereocenters. The lowest BCUT2D eigenvalue weighted by Gasteiger charge is -2.30. The molecule has 24 heavy (non-hydrogen) atoms. The van der Waals surface area contributed by atoms with E-state index in [1.165, 1.54) is 10.4 Å². The minimum atomic E-state index is -3.57. The van der Waals surface area contributed by atoms with Crippen LogP contribution in [0.3, 0.4) is 0 Å². The van der Waals surface area contributed by atoms with Gasteiger partial charge in [0.25, 0.3) is 5.91 Å². The van der Waals surface area contributed by atoms with Crippen molar-refractivity contribution >= 4 is 15.9 Å². The number of aryl methyl sites for hydroxylation is 1. The van der Waals surface area contributed by atoms with Gasteiger partial charge < -0.3 is 15.1 Å². The van der Waals surface area contributed by atoms with Gasteiger partial charge in [0.1, 0.15) is 10.7 Å². The van der Waals surface area contributed by atoms with E-state index in [-0.39, 0.29) is 22.3 Å². The largest absolute Gasteiger partial charge is 0.455 e. The molecule has 2 aliphatic heterocycles. The van der Waals surface area contributed by atoms with Crippen LogP contribution in [0.25, 0.3) is 0 Å². The first-order valence-electron chi connectivity index (χ1n) is 8.53. The fraction of sp³-hybridized carbons (Fsp3) is 0.688. The second kappa shape index (κ2) is 6.85. The van der Waals surface area contributed by atoms with Gasteiger partial charge in [0, 0.05) is 32.2 Å². The molecule has 0 aromatic carbocycles. The van der Waals surface area contributed by atoms with Crippen LogP contribution in [-0.4, -0.2) is 56.3 Å². The van der Waals surface area contributed by atoms with Crippen LogP contribution in [0.1, 0.15) is 42.0 Å². The maximum absolute atomic E-state index is 12.7. The number of carbonyl (C=O) groups is 1. The molecule has 3 heterocycles. The number of amides is 1. The van der Waals surface area contributed by atoms with Crippen molar-refractivity contribution in [2.75, 3.05) is 32.7 Å². The van der Waals surface area contributed by atoms with Gasteiger partial charge in [0.2, 0.25) is 10.0 Å². The summed E-state index contributed by atoms with van der Waals surface area (Å²) in [6, 6.07) is 1.39. The topological polar surface area (TPSA) is 96.8 Å². The summed E-state index contributed by atoms with van der Waals surface area (Å²) in [4.78, 5) is 14.4. The summed E-state index contributed by atoms with van der Waals surface area (Å²) >= 11 is 0. The Kier molecular flexibility index (Phi) is 4.98. The molecule has 2 saturated heterocycles. The molecule has 3 rings (SSSR count). The second-order valence-corrected chi connectivity index (χ2v) is 8.52. The Morgan fingerprint density at radius 1 is 1.25 bits per heavy atom. The van der Waals surface area contributed by atoms with Crippen molar-refractivity contribution in [3.8, 4) is 0 Å². The minimum Gasteiger partial charge on any atom is -0.455 e. The van der Waals surface area contributed by atoms with Gasteiger partial charge in [0.05, 0.1) is 0 Å². The maximum atomic E-state index is 12.7. The molecular weight excluding hydrogens is 330 g/mol. The molecule has 0 spiro atoms. The molecule has 8 heteroatoms. The zero-order valence-electron chi connectivity index (χ0n) is 14.0. The van der Waals surface area contributed by atoms with Crippen LogP contribution in [0.15, 0.2) is 15.4 Å². The third kappa shape index (κ3) is 3.22. The number of piperidine rings is 1. The highest BCUT2D eigenvalue weighted by Gasteiger charge is 2.33. The highest BCUT2D eigenvalue weighted by molar-refractivity contribution is 7.89. The summed E-state index contributed by atoms with van der Waals surface area (Å²) in [6.45, 7) is 4.56. The molecule has 2 aliphatic rings. The number of hydrogen-bond donors (Lipinski definition) is 1. The number of likely N-dealkylation sites (tertiary alicyclic amines) is 1. The van der Waals surface area contributed by atoms with Crippen LogP contribution in [0, 0.1) is 12.8 Å². The second-order valence-electron chi connectivity index (χ2n) is 6.61. The van der Waals surface area contributed by atoms with Gasteiger partial charge in [0.15, 0.2) is 5.76 Å². The molecular formula is C16H25N3O4S. The number of hydrogen-bond acceptors (Lipinski definition) is 5. The first kappa shape index (κ1) is 17.4. The van der Waals surface area contributed by atoms with Crippen molar-refractivity contribution in [1.82, 2.24) is 9.21 Å². The molecule has 134 valence electrons. The summed E-state index contributed by atoms with van der Waals surface area (Å²) in [6.07, 6.45) is 3.50. The van der Waals surface area contributed by atoms with Crippen molar-refractivity contribution in [2.45, 2.75) is 37.5 Å². The van der Waals surface area contributed by atoms with Crippen molar-refractivity contribution in [2.24, 2.45) is 11.7 Å².